The first-order valence-electron chi connectivity index (χ1n) is 5.75. The molecule has 0 aliphatic carbocycles. The SMILES string of the molecule is Cc1ccc(C(O)Cc2ccccc2Br)c(Cl)c1. The third-order valence-electron chi connectivity index (χ3n) is 2.89. The molecular formula is C15H14BrClO. The predicted octanol–water partition coefficient (Wildman–Crippen LogP) is 4.69. The monoisotopic (exact) mass is 324 g/mol. The molecule has 0 radical (unpaired) electrons. The molecule has 0 saturated heterocycles. The molecule has 94 valence electrons. The Morgan fingerprint density at radius 2 is 1.94 bits per heavy atom. The maximum Gasteiger partial charge on any atom is 0.0845 e. The van der Waals surface area contributed by atoms with Crippen LogP contribution < -0.4 is 0 Å². The van der Waals surface area contributed by atoms with Gasteiger partial charge in [-0.3, -0.25) is 0 Å². The van der Waals surface area contributed by atoms with E-state index in [2.05, 4.69) is 15.9 Å². The lowest BCUT2D eigenvalue weighted by atomic mass is 10.0. The van der Waals surface area contributed by atoms with Gasteiger partial charge in [0.2, 0.25) is 0 Å². The molecule has 0 heterocycles. The van der Waals surface area contributed by atoms with Gasteiger partial charge in [0.15, 0.2) is 0 Å². The average Bonchev–Trinajstić information content (AvgIpc) is 2.32. The summed E-state index contributed by atoms with van der Waals surface area (Å²) in [5, 5.41) is 10.9. The van der Waals surface area contributed by atoms with Gasteiger partial charge in [-0.1, -0.05) is 57.9 Å². The highest BCUT2D eigenvalue weighted by molar-refractivity contribution is 9.10. The second-order valence-corrected chi connectivity index (χ2v) is 5.60. The second-order valence-electron chi connectivity index (χ2n) is 4.34. The number of hydrogen-bond donors (Lipinski definition) is 1. The van der Waals surface area contributed by atoms with Gasteiger partial charge in [-0.05, 0) is 35.7 Å². The molecule has 2 rings (SSSR count). The lowest BCUT2D eigenvalue weighted by molar-refractivity contribution is 0.178. The van der Waals surface area contributed by atoms with Crippen molar-refractivity contribution in [1.29, 1.82) is 0 Å². The van der Waals surface area contributed by atoms with E-state index in [4.69, 9.17) is 11.6 Å². The van der Waals surface area contributed by atoms with Gasteiger partial charge in [-0.25, -0.2) is 0 Å². The van der Waals surface area contributed by atoms with Crippen LogP contribution in [0.5, 0.6) is 0 Å². The van der Waals surface area contributed by atoms with E-state index >= 15 is 0 Å². The molecule has 2 aromatic rings. The molecule has 1 N–H and O–H groups in total. The van der Waals surface area contributed by atoms with Gasteiger partial charge in [-0.2, -0.15) is 0 Å². The fourth-order valence-corrected chi connectivity index (χ4v) is 2.69. The quantitative estimate of drug-likeness (QED) is 0.868. The summed E-state index contributed by atoms with van der Waals surface area (Å²) in [5.41, 5.74) is 2.94. The Morgan fingerprint density at radius 3 is 2.61 bits per heavy atom. The first kappa shape index (κ1) is 13.6. The van der Waals surface area contributed by atoms with E-state index in [1.165, 1.54) is 0 Å². The van der Waals surface area contributed by atoms with Crippen LogP contribution in [0.1, 0.15) is 22.8 Å². The Kier molecular flexibility index (Phi) is 4.44. The summed E-state index contributed by atoms with van der Waals surface area (Å²) in [4.78, 5) is 0. The summed E-state index contributed by atoms with van der Waals surface area (Å²) in [6.07, 6.45) is -0.0405. The molecule has 3 heteroatoms. The summed E-state index contributed by atoms with van der Waals surface area (Å²) in [5.74, 6) is 0. The van der Waals surface area contributed by atoms with Crippen molar-refractivity contribution >= 4 is 27.5 Å². The molecule has 0 saturated carbocycles. The minimum Gasteiger partial charge on any atom is -0.388 e. The zero-order valence-electron chi connectivity index (χ0n) is 10.0. The highest BCUT2D eigenvalue weighted by atomic mass is 79.9. The van der Waals surface area contributed by atoms with Crippen molar-refractivity contribution in [3.63, 3.8) is 0 Å². The van der Waals surface area contributed by atoms with Gasteiger partial charge in [-0.15, -0.1) is 0 Å². The smallest absolute Gasteiger partial charge is 0.0845 e. The van der Waals surface area contributed by atoms with Gasteiger partial charge >= 0.3 is 0 Å². The molecular weight excluding hydrogens is 312 g/mol. The topological polar surface area (TPSA) is 20.2 Å². The first-order valence-corrected chi connectivity index (χ1v) is 6.92. The molecule has 1 nitrogen and oxygen atoms in total. The lowest BCUT2D eigenvalue weighted by Crippen LogP contribution is -2.03. The molecule has 0 fully saturated rings. The Hall–Kier alpha value is -0.830. The molecule has 0 aliphatic heterocycles. The first-order chi connectivity index (χ1) is 8.58. The molecule has 0 aromatic heterocycles. The summed E-state index contributed by atoms with van der Waals surface area (Å²) in [6, 6.07) is 13.6. The number of halogens is 2. The molecule has 18 heavy (non-hydrogen) atoms. The van der Waals surface area contributed by atoms with Crippen LogP contribution in [0, 0.1) is 6.92 Å². The summed E-state index contributed by atoms with van der Waals surface area (Å²) in [6.45, 7) is 1.98. The van der Waals surface area contributed by atoms with E-state index in [9.17, 15) is 5.11 Å². The summed E-state index contributed by atoms with van der Waals surface area (Å²) in [7, 11) is 0. The van der Waals surface area contributed by atoms with Crippen molar-refractivity contribution in [2.45, 2.75) is 19.4 Å². The molecule has 0 aliphatic rings. The highest BCUT2D eigenvalue weighted by Gasteiger charge is 2.13. The van der Waals surface area contributed by atoms with Crippen molar-refractivity contribution in [3.05, 3.63) is 68.7 Å². The van der Waals surface area contributed by atoms with E-state index in [0.717, 1.165) is 21.2 Å². The van der Waals surface area contributed by atoms with Crippen LogP contribution in [0.3, 0.4) is 0 Å². The maximum absolute atomic E-state index is 10.3. The summed E-state index contributed by atoms with van der Waals surface area (Å²) >= 11 is 9.64. The molecule has 2 aromatic carbocycles. The van der Waals surface area contributed by atoms with Crippen molar-refractivity contribution < 1.29 is 5.11 Å². The van der Waals surface area contributed by atoms with E-state index in [0.29, 0.717) is 11.4 Å². The lowest BCUT2D eigenvalue weighted by Gasteiger charge is -2.14. The Bertz CT molecular complexity index is 554. The highest BCUT2D eigenvalue weighted by Crippen LogP contribution is 2.28. The van der Waals surface area contributed by atoms with E-state index < -0.39 is 6.10 Å². The minimum absolute atomic E-state index is 0.546. The van der Waals surface area contributed by atoms with Crippen molar-refractivity contribution in [3.8, 4) is 0 Å². The molecule has 1 atom stereocenters. The number of benzene rings is 2. The molecule has 0 bridgehead atoms. The van der Waals surface area contributed by atoms with Crippen LogP contribution in [-0.2, 0) is 6.42 Å². The fraction of sp³-hybridized carbons (Fsp3) is 0.200. The van der Waals surface area contributed by atoms with Crippen molar-refractivity contribution in [1.82, 2.24) is 0 Å². The average molecular weight is 326 g/mol. The second kappa shape index (κ2) is 5.87. The Balaban J connectivity index is 2.22. The molecule has 0 spiro atoms. The number of aliphatic hydroxyl groups excluding tert-OH is 1. The normalized spacial score (nSPS) is 12.4. The standard InChI is InChI=1S/C15H14BrClO/c1-10-6-7-12(14(17)8-10)15(18)9-11-4-2-3-5-13(11)16/h2-8,15,18H,9H2,1H3. The third kappa shape index (κ3) is 3.14. The van der Waals surface area contributed by atoms with Gasteiger partial charge in [0.25, 0.3) is 0 Å². The van der Waals surface area contributed by atoms with E-state index in [1.807, 2.05) is 49.4 Å². The number of aryl methyl sites for hydroxylation is 1. The van der Waals surface area contributed by atoms with Gasteiger partial charge in [0, 0.05) is 15.9 Å². The Labute approximate surface area is 121 Å². The third-order valence-corrected chi connectivity index (χ3v) is 3.99. The minimum atomic E-state index is -0.586. The van der Waals surface area contributed by atoms with Crippen LogP contribution in [0.25, 0.3) is 0 Å². The predicted molar refractivity (Wildman–Crippen MR) is 79.0 cm³/mol. The van der Waals surface area contributed by atoms with Crippen LogP contribution in [0.2, 0.25) is 5.02 Å². The summed E-state index contributed by atoms with van der Waals surface area (Å²) < 4.78 is 1.01. The zero-order valence-corrected chi connectivity index (χ0v) is 12.4. The van der Waals surface area contributed by atoms with Crippen LogP contribution in [0.4, 0.5) is 0 Å². The van der Waals surface area contributed by atoms with Crippen molar-refractivity contribution in [2.75, 3.05) is 0 Å². The number of rotatable bonds is 3. The molecule has 0 amide bonds. The van der Waals surface area contributed by atoms with Crippen LogP contribution >= 0.6 is 27.5 Å². The van der Waals surface area contributed by atoms with Crippen LogP contribution in [0.15, 0.2) is 46.9 Å². The van der Waals surface area contributed by atoms with Crippen LogP contribution in [-0.4, -0.2) is 5.11 Å². The van der Waals surface area contributed by atoms with Gasteiger partial charge < -0.3 is 5.11 Å². The van der Waals surface area contributed by atoms with Gasteiger partial charge in [0.05, 0.1) is 6.10 Å². The zero-order chi connectivity index (χ0) is 13.1. The van der Waals surface area contributed by atoms with E-state index in [-0.39, 0.29) is 0 Å². The van der Waals surface area contributed by atoms with E-state index in [1.54, 1.807) is 0 Å². The fourth-order valence-electron chi connectivity index (χ4n) is 1.88. The maximum atomic E-state index is 10.3. The van der Waals surface area contributed by atoms with Gasteiger partial charge in [0.1, 0.15) is 0 Å². The number of hydrogen-bond acceptors (Lipinski definition) is 1. The molecule has 1 unspecified atom stereocenters. The van der Waals surface area contributed by atoms with Crippen molar-refractivity contribution in [2.24, 2.45) is 0 Å². The number of aliphatic hydroxyl groups is 1. The Morgan fingerprint density at radius 1 is 1.22 bits per heavy atom. The largest absolute Gasteiger partial charge is 0.388 e.